The minimum atomic E-state index is -0.0484. The molecule has 110 valence electrons. The van der Waals surface area contributed by atoms with Crippen molar-refractivity contribution in [2.45, 2.75) is 26.4 Å². The number of carbonyl (C=O) groups excluding carboxylic acids is 1. The van der Waals surface area contributed by atoms with Gasteiger partial charge in [0.15, 0.2) is 0 Å². The Hall–Kier alpha value is -1.88. The number of pyridine rings is 1. The molecule has 0 aliphatic rings. The number of benzene rings is 1. The standard InChI is InChI=1S/C16H18BrN3O/c1-11(2)20-16(21)13-3-5-15(6-4-13)19-9-12-7-14(17)10-18-8-12/h3-8,10-11,19H,9H2,1-2H3,(H,20,21). The Kier molecular flexibility index (Phi) is 5.33. The summed E-state index contributed by atoms with van der Waals surface area (Å²) in [6.07, 6.45) is 3.58. The van der Waals surface area contributed by atoms with Gasteiger partial charge in [0, 0.05) is 40.7 Å². The van der Waals surface area contributed by atoms with Crippen LogP contribution < -0.4 is 10.6 Å². The molecule has 4 nitrogen and oxygen atoms in total. The minimum absolute atomic E-state index is 0.0484. The van der Waals surface area contributed by atoms with Crippen LogP contribution in [0.2, 0.25) is 0 Å². The van der Waals surface area contributed by atoms with E-state index in [1.165, 1.54) is 0 Å². The van der Waals surface area contributed by atoms with Crippen molar-refractivity contribution in [2.24, 2.45) is 0 Å². The normalized spacial score (nSPS) is 10.5. The van der Waals surface area contributed by atoms with Crippen LogP contribution in [-0.4, -0.2) is 16.9 Å². The molecule has 5 heteroatoms. The Bertz CT molecular complexity index is 611. The van der Waals surface area contributed by atoms with Gasteiger partial charge in [-0.3, -0.25) is 9.78 Å². The van der Waals surface area contributed by atoms with Gasteiger partial charge in [-0.05, 0) is 65.7 Å². The Morgan fingerprint density at radius 2 is 1.95 bits per heavy atom. The average Bonchev–Trinajstić information content (AvgIpc) is 2.45. The fourth-order valence-electron chi connectivity index (χ4n) is 1.84. The predicted octanol–water partition coefficient (Wildman–Crippen LogP) is 3.59. The molecule has 1 amide bonds. The summed E-state index contributed by atoms with van der Waals surface area (Å²) in [7, 11) is 0. The lowest BCUT2D eigenvalue weighted by atomic mass is 10.2. The summed E-state index contributed by atoms with van der Waals surface area (Å²) in [5, 5.41) is 6.17. The third-order valence-corrected chi connectivity index (χ3v) is 3.26. The number of nitrogens with one attached hydrogen (secondary N) is 2. The van der Waals surface area contributed by atoms with Gasteiger partial charge in [-0.25, -0.2) is 0 Å². The van der Waals surface area contributed by atoms with Crippen LogP contribution in [0.4, 0.5) is 5.69 Å². The first-order valence-corrected chi connectivity index (χ1v) is 7.58. The highest BCUT2D eigenvalue weighted by Crippen LogP contribution is 2.13. The maximum atomic E-state index is 11.8. The second-order valence-electron chi connectivity index (χ2n) is 5.07. The van der Waals surface area contributed by atoms with Crippen LogP contribution >= 0.6 is 15.9 Å². The van der Waals surface area contributed by atoms with Crippen LogP contribution in [0.25, 0.3) is 0 Å². The predicted molar refractivity (Wildman–Crippen MR) is 88.3 cm³/mol. The van der Waals surface area contributed by atoms with Crippen molar-refractivity contribution in [3.8, 4) is 0 Å². The molecule has 0 unspecified atom stereocenters. The van der Waals surface area contributed by atoms with Gasteiger partial charge in [0.05, 0.1) is 0 Å². The number of anilines is 1. The number of amides is 1. The van der Waals surface area contributed by atoms with Gasteiger partial charge in [0.25, 0.3) is 5.91 Å². The van der Waals surface area contributed by atoms with Gasteiger partial charge in [0.2, 0.25) is 0 Å². The summed E-state index contributed by atoms with van der Waals surface area (Å²) < 4.78 is 0.961. The molecule has 1 aromatic heterocycles. The monoisotopic (exact) mass is 347 g/mol. The number of halogens is 1. The molecule has 0 saturated carbocycles. The van der Waals surface area contributed by atoms with Crippen LogP contribution in [0, 0.1) is 0 Å². The van der Waals surface area contributed by atoms with Crippen molar-refractivity contribution in [3.05, 3.63) is 58.3 Å². The van der Waals surface area contributed by atoms with Crippen LogP contribution in [0.1, 0.15) is 29.8 Å². The lowest BCUT2D eigenvalue weighted by Gasteiger charge is -2.10. The molecule has 1 heterocycles. The van der Waals surface area contributed by atoms with Crippen molar-refractivity contribution < 1.29 is 4.79 Å². The van der Waals surface area contributed by atoms with Gasteiger partial charge >= 0.3 is 0 Å². The lowest BCUT2D eigenvalue weighted by Crippen LogP contribution is -2.29. The van der Waals surface area contributed by atoms with E-state index in [-0.39, 0.29) is 11.9 Å². The summed E-state index contributed by atoms with van der Waals surface area (Å²) in [6.45, 7) is 4.57. The molecule has 1 aromatic carbocycles. The molecular formula is C16H18BrN3O. The fraction of sp³-hybridized carbons (Fsp3) is 0.250. The summed E-state index contributed by atoms with van der Waals surface area (Å²) in [5.74, 6) is -0.0484. The molecule has 0 spiro atoms. The molecule has 0 fully saturated rings. The summed E-state index contributed by atoms with van der Waals surface area (Å²) in [4.78, 5) is 16.0. The largest absolute Gasteiger partial charge is 0.381 e. The highest BCUT2D eigenvalue weighted by molar-refractivity contribution is 9.10. The molecule has 0 bridgehead atoms. The maximum absolute atomic E-state index is 11.8. The van der Waals surface area contributed by atoms with E-state index in [4.69, 9.17) is 0 Å². The minimum Gasteiger partial charge on any atom is -0.381 e. The van der Waals surface area contributed by atoms with Gasteiger partial charge in [-0.15, -0.1) is 0 Å². The summed E-state index contributed by atoms with van der Waals surface area (Å²) in [5.41, 5.74) is 2.72. The Morgan fingerprint density at radius 1 is 1.24 bits per heavy atom. The molecule has 0 aliphatic carbocycles. The number of nitrogens with zero attached hydrogens (tertiary/aromatic N) is 1. The molecule has 0 aliphatic heterocycles. The van der Waals surface area contributed by atoms with Crippen molar-refractivity contribution in [1.82, 2.24) is 10.3 Å². The topological polar surface area (TPSA) is 54.0 Å². The Morgan fingerprint density at radius 3 is 2.57 bits per heavy atom. The molecule has 2 rings (SSSR count). The van der Waals surface area contributed by atoms with Crippen LogP contribution in [-0.2, 0) is 6.54 Å². The van der Waals surface area contributed by atoms with E-state index in [9.17, 15) is 4.79 Å². The van der Waals surface area contributed by atoms with Crippen LogP contribution in [0.5, 0.6) is 0 Å². The maximum Gasteiger partial charge on any atom is 0.251 e. The third-order valence-electron chi connectivity index (χ3n) is 2.83. The summed E-state index contributed by atoms with van der Waals surface area (Å²) in [6, 6.07) is 9.60. The number of rotatable bonds is 5. The first-order valence-electron chi connectivity index (χ1n) is 6.79. The highest BCUT2D eigenvalue weighted by Gasteiger charge is 2.06. The van der Waals surface area contributed by atoms with Crippen molar-refractivity contribution in [2.75, 3.05) is 5.32 Å². The van der Waals surface area contributed by atoms with E-state index in [1.807, 2.05) is 50.4 Å². The molecule has 0 saturated heterocycles. The fourth-order valence-corrected chi connectivity index (χ4v) is 2.25. The SMILES string of the molecule is CC(C)NC(=O)c1ccc(NCc2cncc(Br)c2)cc1. The van der Waals surface area contributed by atoms with E-state index in [2.05, 4.69) is 31.5 Å². The van der Waals surface area contributed by atoms with E-state index >= 15 is 0 Å². The van der Waals surface area contributed by atoms with Gasteiger partial charge in [-0.2, -0.15) is 0 Å². The van der Waals surface area contributed by atoms with Gasteiger partial charge in [-0.1, -0.05) is 0 Å². The molecular weight excluding hydrogens is 330 g/mol. The average molecular weight is 348 g/mol. The van der Waals surface area contributed by atoms with Gasteiger partial charge in [0.1, 0.15) is 0 Å². The van der Waals surface area contributed by atoms with Crippen LogP contribution in [0.15, 0.2) is 47.2 Å². The number of hydrogen-bond donors (Lipinski definition) is 2. The van der Waals surface area contributed by atoms with E-state index in [0.717, 1.165) is 15.7 Å². The number of hydrogen-bond acceptors (Lipinski definition) is 3. The molecule has 2 N–H and O–H groups in total. The lowest BCUT2D eigenvalue weighted by molar-refractivity contribution is 0.0943. The van der Waals surface area contributed by atoms with Crippen molar-refractivity contribution in [1.29, 1.82) is 0 Å². The number of carbonyl (C=O) groups is 1. The number of aromatic nitrogens is 1. The first kappa shape index (κ1) is 15.5. The molecule has 2 aromatic rings. The molecule has 0 atom stereocenters. The third kappa shape index (κ3) is 4.86. The smallest absolute Gasteiger partial charge is 0.251 e. The summed E-state index contributed by atoms with van der Waals surface area (Å²) >= 11 is 3.40. The van der Waals surface area contributed by atoms with E-state index in [1.54, 1.807) is 6.20 Å². The zero-order chi connectivity index (χ0) is 15.2. The van der Waals surface area contributed by atoms with Crippen molar-refractivity contribution in [3.63, 3.8) is 0 Å². The highest BCUT2D eigenvalue weighted by atomic mass is 79.9. The van der Waals surface area contributed by atoms with Crippen LogP contribution in [0.3, 0.4) is 0 Å². The van der Waals surface area contributed by atoms with E-state index in [0.29, 0.717) is 12.1 Å². The first-order chi connectivity index (χ1) is 10.0. The van der Waals surface area contributed by atoms with Gasteiger partial charge < -0.3 is 10.6 Å². The Balaban J connectivity index is 1.95. The zero-order valence-corrected chi connectivity index (χ0v) is 13.6. The Labute approximate surface area is 133 Å². The van der Waals surface area contributed by atoms with E-state index < -0.39 is 0 Å². The molecule has 0 radical (unpaired) electrons. The quantitative estimate of drug-likeness (QED) is 0.868. The second kappa shape index (κ2) is 7.22. The zero-order valence-electron chi connectivity index (χ0n) is 12.1. The second-order valence-corrected chi connectivity index (χ2v) is 5.99. The van der Waals surface area contributed by atoms with Crippen molar-refractivity contribution >= 4 is 27.5 Å². The molecule has 21 heavy (non-hydrogen) atoms.